The maximum Gasteiger partial charge on any atom is 0.242 e. The molecule has 6 heteroatoms. The average Bonchev–Trinajstić information content (AvgIpc) is 2.71. The molecule has 2 rings (SSSR count). The highest BCUT2D eigenvalue weighted by Gasteiger charge is 2.25. The Morgan fingerprint density at radius 3 is 2.39 bits per heavy atom. The summed E-state index contributed by atoms with van der Waals surface area (Å²) in [4.78, 5) is 26.8. The van der Waals surface area contributed by atoms with Crippen LogP contribution in [0.5, 0.6) is 0 Å². The molecule has 0 bridgehead atoms. The molecule has 2 aromatic rings. The van der Waals surface area contributed by atoms with E-state index in [0.717, 1.165) is 11.3 Å². The molecule has 1 atom stereocenters. The zero-order valence-corrected chi connectivity index (χ0v) is 17.9. The number of likely N-dealkylation sites (N-methyl/N-ethyl adjacent to an activating group) is 1. The molecule has 150 valence electrons. The monoisotopic (exact) mass is 418 g/mol. The first kappa shape index (κ1) is 22.3. The summed E-state index contributed by atoms with van der Waals surface area (Å²) < 4.78 is 0. The van der Waals surface area contributed by atoms with Gasteiger partial charge in [-0.1, -0.05) is 54.1 Å². The Bertz CT molecular complexity index is 753. The van der Waals surface area contributed by atoms with Gasteiger partial charge in [0.2, 0.25) is 11.8 Å². The summed E-state index contributed by atoms with van der Waals surface area (Å²) in [5.74, 6) is 1.43. The molecule has 0 aliphatic rings. The molecule has 1 N–H and O–H groups in total. The van der Waals surface area contributed by atoms with Gasteiger partial charge in [-0.2, -0.15) is 11.8 Å². The number of thioether (sulfide) groups is 1. The summed E-state index contributed by atoms with van der Waals surface area (Å²) in [6, 6.07) is 17.0. The molecule has 0 saturated heterocycles. The predicted molar refractivity (Wildman–Crippen MR) is 117 cm³/mol. The summed E-state index contributed by atoms with van der Waals surface area (Å²) in [6.45, 7) is 4.57. The topological polar surface area (TPSA) is 49.4 Å². The number of benzene rings is 2. The molecule has 0 aliphatic carbocycles. The van der Waals surface area contributed by atoms with E-state index >= 15 is 0 Å². The largest absolute Gasteiger partial charge is 0.355 e. The van der Waals surface area contributed by atoms with Gasteiger partial charge in [0, 0.05) is 36.0 Å². The van der Waals surface area contributed by atoms with E-state index in [4.69, 9.17) is 11.6 Å². The zero-order valence-electron chi connectivity index (χ0n) is 16.4. The van der Waals surface area contributed by atoms with Gasteiger partial charge in [0.25, 0.3) is 0 Å². The number of carbonyl (C=O) groups is 2. The lowest BCUT2D eigenvalue weighted by atomic mass is 10.1. The van der Waals surface area contributed by atoms with Gasteiger partial charge in [-0.05, 0) is 37.1 Å². The highest BCUT2D eigenvalue weighted by molar-refractivity contribution is 7.98. The fraction of sp³-hybridized carbons (Fsp3) is 0.364. The van der Waals surface area contributed by atoms with Crippen molar-refractivity contribution in [1.82, 2.24) is 10.2 Å². The van der Waals surface area contributed by atoms with Crippen molar-refractivity contribution in [1.29, 1.82) is 0 Å². The normalized spacial score (nSPS) is 11.7. The number of halogens is 1. The number of hydrogen-bond donors (Lipinski definition) is 1. The van der Waals surface area contributed by atoms with E-state index in [0.29, 0.717) is 30.3 Å². The standard InChI is InChI=1S/C22H27ClN2O2S/c1-3-24-22(27)17(2)25(15-18-9-11-20(23)12-10-18)21(26)13-14-28-16-19-7-5-4-6-8-19/h4-12,17H,3,13-16H2,1-2H3,(H,24,27). The highest BCUT2D eigenvalue weighted by Crippen LogP contribution is 2.17. The molecule has 0 radical (unpaired) electrons. The molecule has 0 aromatic heterocycles. The van der Waals surface area contributed by atoms with Gasteiger partial charge >= 0.3 is 0 Å². The fourth-order valence-electron chi connectivity index (χ4n) is 2.76. The first-order valence-electron chi connectivity index (χ1n) is 9.44. The van der Waals surface area contributed by atoms with Crippen LogP contribution in [0.3, 0.4) is 0 Å². The summed E-state index contributed by atoms with van der Waals surface area (Å²) >= 11 is 7.68. The van der Waals surface area contributed by atoms with Crippen molar-refractivity contribution in [2.75, 3.05) is 12.3 Å². The van der Waals surface area contributed by atoms with E-state index in [1.54, 1.807) is 35.7 Å². The minimum absolute atomic E-state index is 0.0192. The molecule has 0 heterocycles. The van der Waals surface area contributed by atoms with Crippen molar-refractivity contribution in [3.05, 3.63) is 70.7 Å². The Balaban J connectivity index is 1.96. The van der Waals surface area contributed by atoms with E-state index in [2.05, 4.69) is 17.4 Å². The predicted octanol–water partition coefficient (Wildman–Crippen LogP) is 4.52. The molecular weight excluding hydrogens is 392 g/mol. The maximum atomic E-state index is 12.9. The van der Waals surface area contributed by atoms with Crippen molar-refractivity contribution >= 4 is 35.2 Å². The van der Waals surface area contributed by atoms with Crippen LogP contribution in [0, 0.1) is 0 Å². The third kappa shape index (κ3) is 7.21. The summed E-state index contributed by atoms with van der Waals surface area (Å²) in [5, 5.41) is 3.45. The SMILES string of the molecule is CCNC(=O)C(C)N(Cc1ccc(Cl)cc1)C(=O)CCSCc1ccccc1. The second-order valence-corrected chi connectivity index (χ2v) is 8.05. The molecule has 0 saturated carbocycles. The Labute approximate surface area is 176 Å². The van der Waals surface area contributed by atoms with Crippen LogP contribution in [0.2, 0.25) is 5.02 Å². The minimum atomic E-state index is -0.526. The quantitative estimate of drug-likeness (QED) is 0.577. The first-order valence-corrected chi connectivity index (χ1v) is 11.0. The average molecular weight is 419 g/mol. The summed E-state index contributed by atoms with van der Waals surface area (Å²) in [7, 11) is 0. The number of rotatable bonds is 10. The van der Waals surface area contributed by atoms with Gasteiger partial charge < -0.3 is 10.2 Å². The molecule has 0 fully saturated rings. The van der Waals surface area contributed by atoms with Crippen molar-refractivity contribution in [3.63, 3.8) is 0 Å². The lowest BCUT2D eigenvalue weighted by molar-refractivity contribution is -0.140. The lowest BCUT2D eigenvalue weighted by Crippen LogP contribution is -2.47. The van der Waals surface area contributed by atoms with Crippen LogP contribution in [-0.4, -0.2) is 35.1 Å². The second kappa shape index (κ2) is 11.8. The van der Waals surface area contributed by atoms with Gasteiger partial charge in [-0.15, -0.1) is 0 Å². The Morgan fingerprint density at radius 2 is 1.75 bits per heavy atom. The van der Waals surface area contributed by atoms with Gasteiger partial charge in [0.15, 0.2) is 0 Å². The number of amides is 2. The zero-order chi connectivity index (χ0) is 20.4. The Hall–Kier alpha value is -1.98. The molecule has 2 amide bonds. The maximum absolute atomic E-state index is 12.9. The number of hydrogen-bond acceptors (Lipinski definition) is 3. The van der Waals surface area contributed by atoms with E-state index in [-0.39, 0.29) is 11.8 Å². The molecule has 4 nitrogen and oxygen atoms in total. The number of carbonyl (C=O) groups excluding carboxylic acids is 2. The van der Waals surface area contributed by atoms with Gasteiger partial charge in [0.1, 0.15) is 6.04 Å². The van der Waals surface area contributed by atoms with Crippen LogP contribution in [-0.2, 0) is 21.9 Å². The van der Waals surface area contributed by atoms with Gasteiger partial charge in [-0.25, -0.2) is 0 Å². The minimum Gasteiger partial charge on any atom is -0.355 e. The summed E-state index contributed by atoms with van der Waals surface area (Å²) in [5.41, 5.74) is 2.19. The van der Waals surface area contributed by atoms with E-state index < -0.39 is 6.04 Å². The number of nitrogens with one attached hydrogen (secondary N) is 1. The van der Waals surface area contributed by atoms with Crippen molar-refractivity contribution in [2.45, 2.75) is 38.6 Å². The van der Waals surface area contributed by atoms with E-state index in [9.17, 15) is 9.59 Å². The van der Waals surface area contributed by atoms with Crippen LogP contribution in [0.25, 0.3) is 0 Å². The van der Waals surface area contributed by atoms with Gasteiger partial charge in [0.05, 0.1) is 0 Å². The third-order valence-electron chi connectivity index (χ3n) is 4.36. The van der Waals surface area contributed by atoms with Crippen molar-refractivity contribution < 1.29 is 9.59 Å². The van der Waals surface area contributed by atoms with Crippen LogP contribution in [0.1, 0.15) is 31.4 Å². The highest BCUT2D eigenvalue weighted by atomic mass is 35.5. The molecular formula is C22H27ClN2O2S. The van der Waals surface area contributed by atoms with Gasteiger partial charge in [-0.3, -0.25) is 9.59 Å². The van der Waals surface area contributed by atoms with Crippen LogP contribution in [0.15, 0.2) is 54.6 Å². The van der Waals surface area contributed by atoms with E-state index in [1.807, 2.05) is 37.3 Å². The smallest absolute Gasteiger partial charge is 0.242 e. The second-order valence-electron chi connectivity index (χ2n) is 6.51. The van der Waals surface area contributed by atoms with Crippen LogP contribution >= 0.6 is 23.4 Å². The van der Waals surface area contributed by atoms with Crippen LogP contribution < -0.4 is 5.32 Å². The van der Waals surface area contributed by atoms with Crippen molar-refractivity contribution in [3.8, 4) is 0 Å². The van der Waals surface area contributed by atoms with Crippen LogP contribution in [0.4, 0.5) is 0 Å². The fourth-order valence-corrected chi connectivity index (χ4v) is 3.78. The molecule has 1 unspecified atom stereocenters. The Kier molecular flexibility index (Phi) is 9.38. The molecule has 0 aliphatic heterocycles. The van der Waals surface area contributed by atoms with E-state index in [1.165, 1.54) is 5.56 Å². The molecule has 2 aromatic carbocycles. The first-order chi connectivity index (χ1) is 13.5. The Morgan fingerprint density at radius 1 is 1.07 bits per heavy atom. The number of nitrogens with zero attached hydrogens (tertiary/aromatic N) is 1. The molecule has 28 heavy (non-hydrogen) atoms. The summed E-state index contributed by atoms with van der Waals surface area (Å²) in [6.07, 6.45) is 0.398. The third-order valence-corrected chi connectivity index (χ3v) is 5.64. The lowest BCUT2D eigenvalue weighted by Gasteiger charge is -2.28. The molecule has 0 spiro atoms. The van der Waals surface area contributed by atoms with Crippen molar-refractivity contribution in [2.24, 2.45) is 0 Å².